The highest BCUT2D eigenvalue weighted by Gasteiger charge is 2.39. The van der Waals surface area contributed by atoms with Gasteiger partial charge in [0.15, 0.2) is 0 Å². The minimum atomic E-state index is 0.179. The standard InChI is InChI=1S/C15H21Cl/c1-11-6-8-12(9-7-11)14(16)13-5-4-10-15(13,2)3/h6-9,13-14H,4-5,10H2,1-3H3. The van der Waals surface area contributed by atoms with E-state index in [0.717, 1.165) is 0 Å². The summed E-state index contributed by atoms with van der Waals surface area (Å²) < 4.78 is 0. The topological polar surface area (TPSA) is 0 Å². The summed E-state index contributed by atoms with van der Waals surface area (Å²) in [7, 11) is 0. The number of alkyl halides is 1. The van der Waals surface area contributed by atoms with E-state index in [2.05, 4.69) is 45.0 Å². The lowest BCUT2D eigenvalue weighted by Gasteiger charge is -2.31. The molecule has 1 aromatic rings. The molecule has 1 fully saturated rings. The molecule has 0 bridgehead atoms. The molecule has 0 amide bonds. The van der Waals surface area contributed by atoms with Gasteiger partial charge in [-0.2, -0.15) is 0 Å². The maximum absolute atomic E-state index is 6.65. The zero-order valence-electron chi connectivity index (χ0n) is 10.5. The second-order valence-electron chi connectivity index (χ2n) is 5.80. The predicted octanol–water partition coefficient (Wildman–Crippen LogP) is 5.10. The summed E-state index contributed by atoms with van der Waals surface area (Å²) in [6, 6.07) is 8.68. The normalized spacial score (nSPS) is 25.6. The Morgan fingerprint density at radius 2 is 1.88 bits per heavy atom. The average Bonchev–Trinajstić information content (AvgIpc) is 2.58. The lowest BCUT2D eigenvalue weighted by molar-refractivity contribution is 0.252. The third-order valence-corrected chi connectivity index (χ3v) is 4.65. The summed E-state index contributed by atoms with van der Waals surface area (Å²) in [6.07, 6.45) is 3.91. The van der Waals surface area contributed by atoms with Crippen LogP contribution in [-0.2, 0) is 0 Å². The third-order valence-electron chi connectivity index (χ3n) is 4.09. The lowest BCUT2D eigenvalue weighted by atomic mass is 9.78. The molecule has 0 saturated heterocycles. The predicted molar refractivity (Wildman–Crippen MR) is 70.9 cm³/mol. The van der Waals surface area contributed by atoms with Gasteiger partial charge in [0.05, 0.1) is 5.38 Å². The quantitative estimate of drug-likeness (QED) is 0.627. The summed E-state index contributed by atoms with van der Waals surface area (Å²) in [4.78, 5) is 0. The SMILES string of the molecule is Cc1ccc(C(Cl)C2CCCC2(C)C)cc1. The molecule has 1 heteroatoms. The van der Waals surface area contributed by atoms with Gasteiger partial charge in [0, 0.05) is 0 Å². The van der Waals surface area contributed by atoms with Crippen LogP contribution >= 0.6 is 11.6 Å². The van der Waals surface area contributed by atoms with Crippen LogP contribution < -0.4 is 0 Å². The Bertz CT molecular complexity index is 350. The Hall–Kier alpha value is -0.490. The van der Waals surface area contributed by atoms with Gasteiger partial charge < -0.3 is 0 Å². The van der Waals surface area contributed by atoms with E-state index in [1.54, 1.807) is 0 Å². The fourth-order valence-electron chi connectivity index (χ4n) is 2.88. The van der Waals surface area contributed by atoms with E-state index in [9.17, 15) is 0 Å². The summed E-state index contributed by atoms with van der Waals surface area (Å²) in [5, 5.41) is 0.179. The van der Waals surface area contributed by atoms with Crippen LogP contribution in [0, 0.1) is 18.3 Å². The summed E-state index contributed by atoms with van der Waals surface area (Å²) >= 11 is 6.65. The van der Waals surface area contributed by atoms with Crippen LogP contribution in [0.5, 0.6) is 0 Å². The van der Waals surface area contributed by atoms with Gasteiger partial charge in [-0.05, 0) is 36.7 Å². The highest BCUT2D eigenvalue weighted by molar-refractivity contribution is 6.21. The smallest absolute Gasteiger partial charge is 0.0618 e. The van der Waals surface area contributed by atoms with Gasteiger partial charge >= 0.3 is 0 Å². The molecule has 0 N–H and O–H groups in total. The first-order chi connectivity index (χ1) is 7.50. The average molecular weight is 237 g/mol. The Labute approximate surface area is 104 Å². The summed E-state index contributed by atoms with van der Waals surface area (Å²) in [5.41, 5.74) is 2.99. The van der Waals surface area contributed by atoms with Crippen molar-refractivity contribution < 1.29 is 0 Å². The fraction of sp³-hybridized carbons (Fsp3) is 0.600. The molecule has 2 rings (SSSR count). The van der Waals surface area contributed by atoms with Crippen molar-refractivity contribution in [2.45, 2.75) is 45.4 Å². The van der Waals surface area contributed by atoms with Gasteiger partial charge in [0.25, 0.3) is 0 Å². The molecular weight excluding hydrogens is 216 g/mol. The van der Waals surface area contributed by atoms with Gasteiger partial charge in [-0.15, -0.1) is 11.6 Å². The Morgan fingerprint density at radius 1 is 1.25 bits per heavy atom. The highest BCUT2D eigenvalue weighted by atomic mass is 35.5. The zero-order chi connectivity index (χ0) is 11.8. The Kier molecular flexibility index (Phi) is 3.30. The summed E-state index contributed by atoms with van der Waals surface area (Å²) in [6.45, 7) is 6.83. The number of hydrogen-bond donors (Lipinski definition) is 0. The Balaban J connectivity index is 2.18. The van der Waals surface area contributed by atoms with Crippen molar-refractivity contribution in [3.05, 3.63) is 35.4 Å². The molecule has 1 saturated carbocycles. The van der Waals surface area contributed by atoms with Crippen molar-refractivity contribution in [3.63, 3.8) is 0 Å². The first-order valence-corrected chi connectivity index (χ1v) is 6.65. The van der Waals surface area contributed by atoms with Gasteiger partial charge in [0.1, 0.15) is 0 Å². The van der Waals surface area contributed by atoms with Gasteiger partial charge in [-0.25, -0.2) is 0 Å². The zero-order valence-corrected chi connectivity index (χ0v) is 11.2. The maximum Gasteiger partial charge on any atom is 0.0618 e. The molecule has 16 heavy (non-hydrogen) atoms. The van der Waals surface area contributed by atoms with Crippen molar-refractivity contribution in [1.82, 2.24) is 0 Å². The first-order valence-electron chi connectivity index (χ1n) is 6.21. The second-order valence-corrected chi connectivity index (χ2v) is 6.27. The minimum absolute atomic E-state index is 0.179. The molecule has 1 aromatic carbocycles. The van der Waals surface area contributed by atoms with Crippen LogP contribution in [0.25, 0.3) is 0 Å². The van der Waals surface area contributed by atoms with Crippen LogP contribution in [0.1, 0.15) is 49.6 Å². The number of benzene rings is 1. The van der Waals surface area contributed by atoms with E-state index in [4.69, 9.17) is 11.6 Å². The van der Waals surface area contributed by atoms with E-state index in [-0.39, 0.29) is 5.38 Å². The van der Waals surface area contributed by atoms with Crippen molar-refractivity contribution in [2.24, 2.45) is 11.3 Å². The number of halogens is 1. The van der Waals surface area contributed by atoms with E-state index in [1.807, 2.05) is 0 Å². The third kappa shape index (κ3) is 2.27. The van der Waals surface area contributed by atoms with Crippen LogP contribution in [0.3, 0.4) is 0 Å². The van der Waals surface area contributed by atoms with Crippen LogP contribution in [-0.4, -0.2) is 0 Å². The lowest BCUT2D eigenvalue weighted by Crippen LogP contribution is -2.21. The van der Waals surface area contributed by atoms with Gasteiger partial charge in [-0.1, -0.05) is 50.1 Å². The first kappa shape index (κ1) is 12.0. The van der Waals surface area contributed by atoms with E-state index < -0.39 is 0 Å². The van der Waals surface area contributed by atoms with Crippen molar-refractivity contribution >= 4 is 11.6 Å². The van der Waals surface area contributed by atoms with Crippen molar-refractivity contribution in [3.8, 4) is 0 Å². The van der Waals surface area contributed by atoms with Crippen LogP contribution in [0.15, 0.2) is 24.3 Å². The van der Waals surface area contributed by atoms with E-state index in [1.165, 1.54) is 30.4 Å². The van der Waals surface area contributed by atoms with Crippen molar-refractivity contribution in [2.75, 3.05) is 0 Å². The fourth-order valence-corrected chi connectivity index (χ4v) is 3.49. The molecule has 0 spiro atoms. The molecule has 0 aliphatic heterocycles. The second kappa shape index (κ2) is 4.41. The molecule has 0 radical (unpaired) electrons. The molecule has 0 heterocycles. The van der Waals surface area contributed by atoms with E-state index in [0.29, 0.717) is 11.3 Å². The van der Waals surface area contributed by atoms with E-state index >= 15 is 0 Å². The van der Waals surface area contributed by atoms with Crippen molar-refractivity contribution in [1.29, 1.82) is 0 Å². The highest BCUT2D eigenvalue weighted by Crippen LogP contribution is 2.51. The molecule has 2 atom stereocenters. The monoisotopic (exact) mass is 236 g/mol. The molecule has 0 aromatic heterocycles. The van der Waals surface area contributed by atoms with Gasteiger partial charge in [-0.3, -0.25) is 0 Å². The minimum Gasteiger partial charge on any atom is -0.118 e. The molecule has 0 nitrogen and oxygen atoms in total. The van der Waals surface area contributed by atoms with Crippen LogP contribution in [0.4, 0.5) is 0 Å². The summed E-state index contributed by atoms with van der Waals surface area (Å²) in [5.74, 6) is 0.622. The van der Waals surface area contributed by atoms with Gasteiger partial charge in [0.2, 0.25) is 0 Å². The number of aryl methyl sites for hydroxylation is 1. The molecule has 2 unspecified atom stereocenters. The molecule has 1 aliphatic rings. The molecular formula is C15H21Cl. The maximum atomic E-state index is 6.65. The Morgan fingerprint density at radius 3 is 2.38 bits per heavy atom. The number of rotatable bonds is 2. The number of hydrogen-bond acceptors (Lipinski definition) is 0. The largest absolute Gasteiger partial charge is 0.118 e. The molecule has 88 valence electrons. The van der Waals surface area contributed by atoms with Crippen LogP contribution in [0.2, 0.25) is 0 Å². The molecule has 1 aliphatic carbocycles.